The second kappa shape index (κ2) is 6.05. The molecule has 0 aliphatic carbocycles. The third-order valence-electron chi connectivity index (χ3n) is 4.88. The molecule has 0 radical (unpaired) electrons. The summed E-state index contributed by atoms with van der Waals surface area (Å²) in [6.45, 7) is 4.58. The lowest BCUT2D eigenvalue weighted by Gasteiger charge is -2.37. The minimum atomic E-state index is -0.403. The summed E-state index contributed by atoms with van der Waals surface area (Å²) >= 11 is 0. The summed E-state index contributed by atoms with van der Waals surface area (Å²) in [6, 6.07) is 1.71. The monoisotopic (exact) mass is 318 g/mol. The maximum absolute atomic E-state index is 12.5. The minimum Gasteiger partial charge on any atom is -0.347 e. The summed E-state index contributed by atoms with van der Waals surface area (Å²) in [5.41, 5.74) is 0.491. The van der Waals surface area contributed by atoms with Gasteiger partial charge in [0, 0.05) is 45.2 Å². The molecule has 23 heavy (non-hydrogen) atoms. The standard InChI is InChI=1S/C16H22N4O3/c21-14(19-7-1-2-8-19)13-3-6-17-15(18-13)20-9-4-16(5-10-20)22-11-12-23-16/h3,6H,1-2,4-5,7-12H2. The van der Waals surface area contributed by atoms with Crippen LogP contribution in [0.4, 0.5) is 5.95 Å². The number of ether oxygens (including phenoxy) is 2. The van der Waals surface area contributed by atoms with E-state index in [-0.39, 0.29) is 5.91 Å². The van der Waals surface area contributed by atoms with Crippen molar-refractivity contribution in [1.82, 2.24) is 14.9 Å². The van der Waals surface area contributed by atoms with E-state index in [4.69, 9.17) is 9.47 Å². The highest BCUT2D eigenvalue weighted by molar-refractivity contribution is 5.92. The van der Waals surface area contributed by atoms with Crippen molar-refractivity contribution in [3.05, 3.63) is 18.0 Å². The second-order valence-corrected chi connectivity index (χ2v) is 6.34. The van der Waals surface area contributed by atoms with Gasteiger partial charge in [0.05, 0.1) is 13.2 Å². The molecular weight excluding hydrogens is 296 g/mol. The molecule has 0 unspecified atom stereocenters. The lowest BCUT2D eigenvalue weighted by atomic mass is 10.0. The van der Waals surface area contributed by atoms with Crippen LogP contribution in [0.1, 0.15) is 36.2 Å². The van der Waals surface area contributed by atoms with Crippen molar-refractivity contribution in [2.45, 2.75) is 31.5 Å². The molecule has 4 heterocycles. The van der Waals surface area contributed by atoms with E-state index >= 15 is 0 Å². The Morgan fingerprint density at radius 1 is 1.09 bits per heavy atom. The first-order valence-corrected chi connectivity index (χ1v) is 8.41. The van der Waals surface area contributed by atoms with E-state index in [1.165, 1.54) is 0 Å². The maximum Gasteiger partial charge on any atom is 0.272 e. The molecule has 3 aliphatic heterocycles. The Kier molecular flexibility index (Phi) is 3.90. The first kappa shape index (κ1) is 14.8. The number of amides is 1. The number of nitrogens with zero attached hydrogens (tertiary/aromatic N) is 4. The Morgan fingerprint density at radius 3 is 2.48 bits per heavy atom. The molecule has 3 fully saturated rings. The molecule has 1 spiro atoms. The molecule has 0 aromatic carbocycles. The van der Waals surface area contributed by atoms with Gasteiger partial charge in [0.25, 0.3) is 5.91 Å². The number of rotatable bonds is 2. The Labute approximate surface area is 135 Å². The van der Waals surface area contributed by atoms with E-state index in [9.17, 15) is 4.79 Å². The molecular formula is C16H22N4O3. The molecule has 4 rings (SSSR count). The molecule has 1 amide bonds. The first-order chi connectivity index (χ1) is 11.3. The quantitative estimate of drug-likeness (QED) is 0.812. The second-order valence-electron chi connectivity index (χ2n) is 6.34. The molecule has 3 saturated heterocycles. The lowest BCUT2D eigenvalue weighted by molar-refractivity contribution is -0.169. The summed E-state index contributed by atoms with van der Waals surface area (Å²) in [4.78, 5) is 25.3. The summed E-state index contributed by atoms with van der Waals surface area (Å²) < 4.78 is 11.5. The lowest BCUT2D eigenvalue weighted by Crippen LogP contribution is -2.45. The van der Waals surface area contributed by atoms with Crippen LogP contribution in [0.25, 0.3) is 0 Å². The minimum absolute atomic E-state index is 0.0158. The SMILES string of the molecule is O=C(c1ccnc(N2CCC3(CC2)OCCO3)n1)N1CCCC1. The summed E-state index contributed by atoms with van der Waals surface area (Å²) in [6.07, 6.45) is 5.45. The Bertz CT molecular complexity index is 572. The molecule has 0 saturated carbocycles. The fourth-order valence-electron chi connectivity index (χ4n) is 3.54. The third-order valence-corrected chi connectivity index (χ3v) is 4.88. The van der Waals surface area contributed by atoms with Gasteiger partial charge in [0.1, 0.15) is 5.69 Å². The molecule has 0 atom stereocenters. The number of anilines is 1. The van der Waals surface area contributed by atoms with Gasteiger partial charge < -0.3 is 19.3 Å². The molecule has 0 bridgehead atoms. The van der Waals surface area contributed by atoms with Gasteiger partial charge in [0.15, 0.2) is 5.79 Å². The fourth-order valence-corrected chi connectivity index (χ4v) is 3.54. The van der Waals surface area contributed by atoms with Gasteiger partial charge in [-0.1, -0.05) is 0 Å². The third kappa shape index (κ3) is 2.90. The number of piperidine rings is 1. The number of hydrogen-bond donors (Lipinski definition) is 0. The number of aromatic nitrogens is 2. The predicted molar refractivity (Wildman–Crippen MR) is 83.3 cm³/mol. The zero-order chi connectivity index (χ0) is 15.7. The van der Waals surface area contributed by atoms with Crippen LogP contribution in [-0.2, 0) is 9.47 Å². The molecule has 1 aromatic rings. The van der Waals surface area contributed by atoms with Crippen molar-refractivity contribution in [1.29, 1.82) is 0 Å². The van der Waals surface area contributed by atoms with Gasteiger partial charge >= 0.3 is 0 Å². The van der Waals surface area contributed by atoms with E-state index in [1.807, 2.05) is 4.90 Å². The highest BCUT2D eigenvalue weighted by atomic mass is 16.7. The number of carbonyl (C=O) groups is 1. The average molecular weight is 318 g/mol. The number of hydrogen-bond acceptors (Lipinski definition) is 6. The van der Waals surface area contributed by atoms with Crippen LogP contribution in [0.5, 0.6) is 0 Å². The highest BCUT2D eigenvalue weighted by Gasteiger charge is 2.40. The predicted octanol–water partition coefficient (Wildman–Crippen LogP) is 1.06. The molecule has 7 nitrogen and oxygen atoms in total. The van der Waals surface area contributed by atoms with Crippen molar-refractivity contribution < 1.29 is 14.3 Å². The van der Waals surface area contributed by atoms with Gasteiger partial charge in [-0.15, -0.1) is 0 Å². The van der Waals surface area contributed by atoms with Crippen LogP contribution < -0.4 is 4.90 Å². The van der Waals surface area contributed by atoms with Crippen LogP contribution in [0.2, 0.25) is 0 Å². The largest absolute Gasteiger partial charge is 0.347 e. The summed E-state index contributed by atoms with van der Waals surface area (Å²) in [7, 11) is 0. The van der Waals surface area contributed by atoms with Crippen LogP contribution in [0, 0.1) is 0 Å². The van der Waals surface area contributed by atoms with E-state index in [2.05, 4.69) is 14.9 Å². The molecule has 3 aliphatic rings. The van der Waals surface area contributed by atoms with Gasteiger partial charge in [0.2, 0.25) is 5.95 Å². The topological polar surface area (TPSA) is 67.8 Å². The van der Waals surface area contributed by atoms with Crippen molar-refractivity contribution >= 4 is 11.9 Å². The first-order valence-electron chi connectivity index (χ1n) is 8.41. The van der Waals surface area contributed by atoms with Crippen LogP contribution in [-0.4, -0.2) is 66.0 Å². The summed E-state index contributed by atoms with van der Waals surface area (Å²) in [5.74, 6) is 0.240. The molecule has 7 heteroatoms. The van der Waals surface area contributed by atoms with Crippen molar-refractivity contribution in [3.8, 4) is 0 Å². The molecule has 1 aromatic heterocycles. The number of carbonyl (C=O) groups excluding carboxylic acids is 1. The van der Waals surface area contributed by atoms with Crippen LogP contribution in [0.15, 0.2) is 12.3 Å². The zero-order valence-corrected chi connectivity index (χ0v) is 13.2. The van der Waals surface area contributed by atoms with Crippen LogP contribution >= 0.6 is 0 Å². The van der Waals surface area contributed by atoms with E-state index in [0.29, 0.717) is 24.9 Å². The van der Waals surface area contributed by atoms with E-state index in [0.717, 1.165) is 51.9 Å². The molecule has 124 valence electrons. The Morgan fingerprint density at radius 2 is 1.78 bits per heavy atom. The Hall–Kier alpha value is -1.73. The van der Waals surface area contributed by atoms with Gasteiger partial charge in [-0.25, -0.2) is 9.97 Å². The highest BCUT2D eigenvalue weighted by Crippen LogP contribution is 2.32. The number of likely N-dealkylation sites (tertiary alicyclic amines) is 1. The zero-order valence-electron chi connectivity index (χ0n) is 13.2. The van der Waals surface area contributed by atoms with Crippen molar-refractivity contribution in [3.63, 3.8) is 0 Å². The molecule has 0 N–H and O–H groups in total. The normalized spacial score (nSPS) is 23.7. The van der Waals surface area contributed by atoms with Crippen LogP contribution in [0.3, 0.4) is 0 Å². The van der Waals surface area contributed by atoms with Crippen molar-refractivity contribution in [2.75, 3.05) is 44.3 Å². The van der Waals surface area contributed by atoms with Crippen molar-refractivity contribution in [2.24, 2.45) is 0 Å². The van der Waals surface area contributed by atoms with Gasteiger partial charge in [-0.2, -0.15) is 0 Å². The fraction of sp³-hybridized carbons (Fsp3) is 0.688. The average Bonchev–Trinajstić information content (AvgIpc) is 3.27. The smallest absolute Gasteiger partial charge is 0.272 e. The summed E-state index contributed by atoms with van der Waals surface area (Å²) in [5, 5.41) is 0. The Balaban J connectivity index is 1.45. The van der Waals surface area contributed by atoms with Gasteiger partial charge in [-0.05, 0) is 18.9 Å². The van der Waals surface area contributed by atoms with E-state index in [1.54, 1.807) is 12.3 Å². The van der Waals surface area contributed by atoms with Gasteiger partial charge in [-0.3, -0.25) is 4.79 Å². The van der Waals surface area contributed by atoms with E-state index < -0.39 is 5.79 Å². The maximum atomic E-state index is 12.5.